The summed E-state index contributed by atoms with van der Waals surface area (Å²) < 4.78 is 54.5. The number of methoxy groups -OCH3 is 3. The number of ether oxygens (including phenoxy) is 3. The van der Waals surface area contributed by atoms with E-state index >= 15 is 0 Å². The number of hydrogen-bond donors (Lipinski definition) is 1. The molecule has 0 unspecified atom stereocenters. The van der Waals surface area contributed by atoms with E-state index in [1.165, 1.54) is 0 Å². The molecule has 0 bridgehead atoms. The third-order valence-corrected chi connectivity index (χ3v) is 13.7. The molecule has 0 radical (unpaired) electrons. The molecular formula is C31H43NO6SSi. The molecule has 0 fully saturated rings. The van der Waals surface area contributed by atoms with Crippen LogP contribution in [0.15, 0.2) is 71.6 Å². The second-order valence-corrected chi connectivity index (χ2v) is 18.0. The Morgan fingerprint density at radius 2 is 1.40 bits per heavy atom. The Morgan fingerprint density at radius 3 is 1.88 bits per heavy atom. The lowest BCUT2D eigenvalue weighted by Crippen LogP contribution is -2.48. The van der Waals surface area contributed by atoms with Gasteiger partial charge in [0, 0.05) is 23.6 Å². The first-order valence-corrected chi connectivity index (χ1v) is 17.7. The van der Waals surface area contributed by atoms with Gasteiger partial charge in [-0.2, -0.15) is 0 Å². The van der Waals surface area contributed by atoms with Gasteiger partial charge in [0.25, 0.3) is 0 Å². The molecular weight excluding hydrogens is 542 g/mol. The van der Waals surface area contributed by atoms with E-state index in [0.29, 0.717) is 22.8 Å². The molecule has 2 atom stereocenters. The average molecular weight is 586 g/mol. The summed E-state index contributed by atoms with van der Waals surface area (Å²) in [6, 6.07) is 19.5. The number of nitrogens with one attached hydrogen (secondary N) is 1. The lowest BCUT2D eigenvalue weighted by atomic mass is 9.84. The quantitative estimate of drug-likeness (QED) is 0.244. The minimum Gasteiger partial charge on any atom is -0.496 e. The van der Waals surface area contributed by atoms with Crippen molar-refractivity contribution in [2.75, 3.05) is 27.9 Å². The molecule has 218 valence electrons. The minimum absolute atomic E-state index is 0.0644. The second kappa shape index (κ2) is 12.8. The molecule has 0 aliphatic rings. The van der Waals surface area contributed by atoms with Gasteiger partial charge in [0.2, 0.25) is 10.0 Å². The van der Waals surface area contributed by atoms with E-state index in [-0.39, 0.29) is 16.5 Å². The van der Waals surface area contributed by atoms with Crippen LogP contribution in [0.5, 0.6) is 17.2 Å². The van der Waals surface area contributed by atoms with Crippen LogP contribution in [0.3, 0.4) is 0 Å². The van der Waals surface area contributed by atoms with E-state index in [4.69, 9.17) is 18.6 Å². The van der Waals surface area contributed by atoms with Crippen molar-refractivity contribution < 1.29 is 27.1 Å². The van der Waals surface area contributed by atoms with Crippen molar-refractivity contribution in [1.29, 1.82) is 0 Å². The van der Waals surface area contributed by atoms with Gasteiger partial charge in [-0.05, 0) is 42.8 Å². The van der Waals surface area contributed by atoms with E-state index in [1.54, 1.807) is 57.7 Å². The van der Waals surface area contributed by atoms with Gasteiger partial charge in [-0.15, -0.1) is 0 Å². The van der Waals surface area contributed by atoms with Gasteiger partial charge >= 0.3 is 0 Å². The van der Waals surface area contributed by atoms with Gasteiger partial charge in [0.1, 0.15) is 17.2 Å². The highest BCUT2D eigenvalue weighted by Crippen LogP contribution is 2.44. The summed E-state index contributed by atoms with van der Waals surface area (Å²) in [5, 5.41) is -0.0644. The van der Waals surface area contributed by atoms with E-state index < -0.39 is 30.3 Å². The van der Waals surface area contributed by atoms with Crippen LogP contribution in [-0.4, -0.2) is 50.7 Å². The number of aryl methyl sites for hydroxylation is 1. The monoisotopic (exact) mass is 585 g/mol. The fourth-order valence-corrected chi connectivity index (χ4v) is 6.56. The molecule has 0 saturated heterocycles. The van der Waals surface area contributed by atoms with Gasteiger partial charge in [-0.3, -0.25) is 0 Å². The van der Waals surface area contributed by atoms with Crippen molar-refractivity contribution in [3.8, 4) is 17.2 Å². The number of rotatable bonds is 12. The average Bonchev–Trinajstić information content (AvgIpc) is 2.91. The van der Waals surface area contributed by atoms with Crippen LogP contribution in [0.4, 0.5) is 0 Å². The van der Waals surface area contributed by atoms with Crippen molar-refractivity contribution in [2.24, 2.45) is 0 Å². The Hall–Kier alpha value is -2.85. The molecule has 0 aromatic heterocycles. The van der Waals surface area contributed by atoms with Crippen LogP contribution in [0.25, 0.3) is 0 Å². The molecule has 0 aliphatic heterocycles. The van der Waals surface area contributed by atoms with E-state index in [2.05, 4.69) is 38.6 Å². The maximum Gasteiger partial charge on any atom is 0.240 e. The summed E-state index contributed by atoms with van der Waals surface area (Å²) in [5.41, 5.74) is 2.57. The van der Waals surface area contributed by atoms with Crippen molar-refractivity contribution in [1.82, 2.24) is 4.72 Å². The van der Waals surface area contributed by atoms with E-state index in [1.807, 2.05) is 37.3 Å². The third kappa shape index (κ3) is 7.26. The first-order valence-electron chi connectivity index (χ1n) is 13.3. The van der Waals surface area contributed by atoms with Crippen molar-refractivity contribution >= 4 is 18.3 Å². The molecule has 3 rings (SSSR count). The van der Waals surface area contributed by atoms with Gasteiger partial charge in [0.05, 0.1) is 38.9 Å². The summed E-state index contributed by atoms with van der Waals surface area (Å²) in [5.74, 6) is 1.11. The zero-order valence-corrected chi connectivity index (χ0v) is 26.9. The lowest BCUT2D eigenvalue weighted by molar-refractivity contribution is 0.243. The number of hydrogen-bond acceptors (Lipinski definition) is 6. The molecule has 0 saturated carbocycles. The lowest BCUT2D eigenvalue weighted by Gasteiger charge is -2.39. The van der Waals surface area contributed by atoms with Gasteiger partial charge < -0.3 is 18.6 Å². The summed E-state index contributed by atoms with van der Waals surface area (Å²) in [7, 11) is -1.43. The van der Waals surface area contributed by atoms with Gasteiger partial charge in [0.15, 0.2) is 8.32 Å². The summed E-state index contributed by atoms with van der Waals surface area (Å²) in [6.07, 6.45) is 0. The van der Waals surface area contributed by atoms with Crippen LogP contribution in [0.2, 0.25) is 18.1 Å². The third-order valence-electron chi connectivity index (χ3n) is 7.69. The van der Waals surface area contributed by atoms with Crippen LogP contribution >= 0.6 is 0 Å². The molecule has 0 spiro atoms. The maximum atomic E-state index is 13.8. The molecule has 0 heterocycles. The summed E-state index contributed by atoms with van der Waals surface area (Å²) in [6.45, 7) is 12.9. The van der Waals surface area contributed by atoms with Gasteiger partial charge in [-0.25, -0.2) is 13.1 Å². The normalized spacial score (nSPS) is 13.9. The Labute approximate surface area is 241 Å². The highest BCUT2D eigenvalue weighted by Gasteiger charge is 2.40. The fourth-order valence-electron chi connectivity index (χ4n) is 4.30. The van der Waals surface area contributed by atoms with Crippen LogP contribution in [0.1, 0.15) is 43.4 Å². The van der Waals surface area contributed by atoms with Crippen LogP contribution in [-0.2, 0) is 14.4 Å². The Kier molecular flexibility index (Phi) is 10.1. The van der Waals surface area contributed by atoms with Crippen molar-refractivity contribution in [3.63, 3.8) is 0 Å². The molecule has 0 amide bonds. The smallest absolute Gasteiger partial charge is 0.240 e. The van der Waals surface area contributed by atoms with E-state index in [9.17, 15) is 8.42 Å². The van der Waals surface area contributed by atoms with Crippen LogP contribution in [0, 0.1) is 6.92 Å². The SMILES string of the molecule is COc1cc(OC)c([C@@H](c2ccccc2)[C@@H](CO[Si](C)(C)C(C)(C)C)NS(=O)(=O)c2ccc(C)cc2)c(OC)c1. The largest absolute Gasteiger partial charge is 0.496 e. The predicted molar refractivity (Wildman–Crippen MR) is 163 cm³/mol. The maximum absolute atomic E-state index is 13.8. The standard InChI is InChI=1S/C31H43NO6SSi/c1-22-15-17-25(18-16-22)39(33,34)32-26(21-38-40(8,9)31(2,3)4)29(23-13-11-10-12-14-23)30-27(36-6)19-24(35-5)20-28(30)37-7/h10-20,26,29,32H,21H2,1-9H3/t26-,29+/m1/s1. The van der Waals surface area contributed by atoms with Crippen molar-refractivity contribution in [2.45, 2.75) is 62.7 Å². The Bertz CT molecular complexity index is 1340. The molecule has 9 heteroatoms. The molecule has 40 heavy (non-hydrogen) atoms. The minimum atomic E-state index is -3.91. The predicted octanol–water partition coefficient (Wildman–Crippen LogP) is 6.52. The van der Waals surface area contributed by atoms with Crippen molar-refractivity contribution in [3.05, 3.63) is 83.4 Å². The zero-order chi connectivity index (χ0) is 29.7. The molecule has 0 aliphatic carbocycles. The summed E-state index contributed by atoms with van der Waals surface area (Å²) in [4.78, 5) is 0.191. The molecule has 3 aromatic carbocycles. The topological polar surface area (TPSA) is 83.1 Å². The Morgan fingerprint density at radius 1 is 0.850 bits per heavy atom. The highest BCUT2D eigenvalue weighted by atomic mass is 32.2. The van der Waals surface area contributed by atoms with E-state index in [0.717, 1.165) is 11.1 Å². The zero-order valence-electron chi connectivity index (χ0n) is 25.1. The van der Waals surface area contributed by atoms with Crippen LogP contribution < -0.4 is 18.9 Å². The fraction of sp³-hybridized carbons (Fsp3) is 0.419. The molecule has 7 nitrogen and oxygen atoms in total. The number of sulfonamides is 1. The first-order chi connectivity index (χ1) is 18.7. The van der Waals surface area contributed by atoms with Gasteiger partial charge in [-0.1, -0.05) is 68.8 Å². The Balaban J connectivity index is 2.25. The molecule has 3 aromatic rings. The highest BCUT2D eigenvalue weighted by molar-refractivity contribution is 7.89. The molecule has 1 N–H and O–H groups in total. The number of benzene rings is 3. The second-order valence-electron chi connectivity index (χ2n) is 11.4. The first kappa shape index (κ1) is 31.7. The summed E-state index contributed by atoms with van der Waals surface area (Å²) >= 11 is 0.